The van der Waals surface area contributed by atoms with Crippen LogP contribution in [0.4, 0.5) is 0 Å². The fraction of sp³-hybridized carbons (Fsp3) is 0.471. The molecule has 0 aliphatic rings. The quantitative estimate of drug-likeness (QED) is 0.782. The second-order valence-electron chi connectivity index (χ2n) is 5.41. The maximum Gasteiger partial charge on any atom is 0.0708 e. The van der Waals surface area contributed by atoms with E-state index in [-0.39, 0.29) is 0 Å². The standard InChI is InChI=1S/C17H24N2/c1-4-5-10-18-12-14-11-17(13(2)3)19-16-9-7-6-8-15(14)16/h6-9,11,13,18H,4-5,10,12H2,1-3H3. The lowest BCUT2D eigenvalue weighted by molar-refractivity contribution is 0.642. The highest BCUT2D eigenvalue weighted by Crippen LogP contribution is 2.22. The SMILES string of the molecule is CCCCNCc1cc(C(C)C)nc2ccccc12. The highest BCUT2D eigenvalue weighted by molar-refractivity contribution is 5.82. The fourth-order valence-corrected chi connectivity index (χ4v) is 2.24. The lowest BCUT2D eigenvalue weighted by Gasteiger charge is -2.12. The number of hydrogen-bond donors (Lipinski definition) is 1. The van der Waals surface area contributed by atoms with Crippen LogP contribution in [0.25, 0.3) is 10.9 Å². The zero-order valence-electron chi connectivity index (χ0n) is 12.2. The van der Waals surface area contributed by atoms with Gasteiger partial charge in [-0.1, -0.05) is 45.4 Å². The minimum Gasteiger partial charge on any atom is -0.313 e. The fourth-order valence-electron chi connectivity index (χ4n) is 2.24. The molecule has 0 saturated heterocycles. The number of pyridine rings is 1. The summed E-state index contributed by atoms with van der Waals surface area (Å²) in [5, 5.41) is 4.81. The van der Waals surface area contributed by atoms with Crippen molar-refractivity contribution in [3.05, 3.63) is 41.6 Å². The van der Waals surface area contributed by atoms with Crippen LogP contribution in [0.5, 0.6) is 0 Å². The van der Waals surface area contributed by atoms with Gasteiger partial charge in [0.05, 0.1) is 5.52 Å². The van der Waals surface area contributed by atoms with Crippen molar-refractivity contribution in [3.63, 3.8) is 0 Å². The van der Waals surface area contributed by atoms with Gasteiger partial charge in [-0.05, 0) is 36.6 Å². The van der Waals surface area contributed by atoms with Gasteiger partial charge in [0.1, 0.15) is 0 Å². The molecular weight excluding hydrogens is 232 g/mol. The van der Waals surface area contributed by atoms with Crippen molar-refractivity contribution < 1.29 is 0 Å². The molecule has 0 fully saturated rings. The van der Waals surface area contributed by atoms with E-state index in [0.29, 0.717) is 5.92 Å². The number of para-hydroxylation sites is 1. The molecule has 0 amide bonds. The van der Waals surface area contributed by atoms with E-state index < -0.39 is 0 Å². The van der Waals surface area contributed by atoms with Crippen molar-refractivity contribution in [2.24, 2.45) is 0 Å². The summed E-state index contributed by atoms with van der Waals surface area (Å²) < 4.78 is 0. The van der Waals surface area contributed by atoms with Crippen LogP contribution >= 0.6 is 0 Å². The second-order valence-corrected chi connectivity index (χ2v) is 5.41. The van der Waals surface area contributed by atoms with Crippen LogP contribution in [0, 0.1) is 0 Å². The normalized spacial score (nSPS) is 11.4. The molecule has 0 aliphatic carbocycles. The van der Waals surface area contributed by atoms with Crippen LogP contribution in [0.2, 0.25) is 0 Å². The molecule has 1 heterocycles. The number of rotatable bonds is 6. The molecule has 2 nitrogen and oxygen atoms in total. The summed E-state index contributed by atoms with van der Waals surface area (Å²) in [6.07, 6.45) is 2.47. The van der Waals surface area contributed by atoms with Crippen molar-refractivity contribution in [3.8, 4) is 0 Å². The van der Waals surface area contributed by atoms with Gasteiger partial charge in [0.2, 0.25) is 0 Å². The van der Waals surface area contributed by atoms with Crippen LogP contribution in [0.15, 0.2) is 30.3 Å². The second kappa shape index (κ2) is 6.67. The third-order valence-corrected chi connectivity index (χ3v) is 3.44. The van der Waals surface area contributed by atoms with Crippen LogP contribution in [-0.4, -0.2) is 11.5 Å². The molecule has 0 bridgehead atoms. The van der Waals surface area contributed by atoms with Gasteiger partial charge in [-0.25, -0.2) is 0 Å². The molecule has 0 saturated carbocycles. The maximum atomic E-state index is 4.75. The summed E-state index contributed by atoms with van der Waals surface area (Å²) in [6, 6.07) is 10.7. The van der Waals surface area contributed by atoms with E-state index in [2.05, 4.69) is 56.4 Å². The molecule has 2 aromatic rings. The molecule has 1 aromatic heterocycles. The first-order valence-electron chi connectivity index (χ1n) is 7.31. The number of unbranched alkanes of at least 4 members (excludes halogenated alkanes) is 1. The Morgan fingerprint density at radius 1 is 1.21 bits per heavy atom. The van der Waals surface area contributed by atoms with Gasteiger partial charge < -0.3 is 5.32 Å². The Balaban J connectivity index is 2.28. The van der Waals surface area contributed by atoms with Crippen LogP contribution in [-0.2, 0) is 6.54 Å². The molecule has 0 atom stereocenters. The number of aromatic nitrogens is 1. The first-order valence-corrected chi connectivity index (χ1v) is 7.31. The summed E-state index contributed by atoms with van der Waals surface area (Å²) in [6.45, 7) is 8.64. The summed E-state index contributed by atoms with van der Waals surface area (Å²) in [4.78, 5) is 4.75. The van der Waals surface area contributed by atoms with Gasteiger partial charge in [0, 0.05) is 17.6 Å². The number of benzene rings is 1. The highest BCUT2D eigenvalue weighted by atomic mass is 14.8. The third-order valence-electron chi connectivity index (χ3n) is 3.44. The molecule has 1 N–H and O–H groups in total. The van der Waals surface area contributed by atoms with E-state index in [1.54, 1.807) is 0 Å². The Kier molecular flexibility index (Phi) is 4.92. The van der Waals surface area contributed by atoms with Crippen molar-refractivity contribution in [2.75, 3.05) is 6.54 Å². The van der Waals surface area contributed by atoms with Crippen LogP contribution in [0.1, 0.15) is 50.8 Å². The third kappa shape index (κ3) is 3.54. The zero-order chi connectivity index (χ0) is 13.7. The lowest BCUT2D eigenvalue weighted by Crippen LogP contribution is -2.15. The number of nitrogens with zero attached hydrogens (tertiary/aromatic N) is 1. The van der Waals surface area contributed by atoms with Crippen molar-refractivity contribution >= 4 is 10.9 Å². The maximum absolute atomic E-state index is 4.75. The average molecular weight is 256 g/mol. The van der Waals surface area contributed by atoms with E-state index in [9.17, 15) is 0 Å². The minimum absolute atomic E-state index is 0.471. The summed E-state index contributed by atoms with van der Waals surface area (Å²) in [7, 11) is 0. The molecule has 0 unspecified atom stereocenters. The molecule has 0 aliphatic heterocycles. The molecule has 102 valence electrons. The van der Waals surface area contributed by atoms with Gasteiger partial charge in [-0.2, -0.15) is 0 Å². The highest BCUT2D eigenvalue weighted by Gasteiger charge is 2.07. The lowest BCUT2D eigenvalue weighted by atomic mass is 10.0. The number of fused-ring (bicyclic) bond motifs is 1. The molecular formula is C17H24N2. The Labute approximate surface area is 116 Å². The summed E-state index contributed by atoms with van der Waals surface area (Å²) in [5.74, 6) is 0.471. The minimum atomic E-state index is 0.471. The Morgan fingerprint density at radius 3 is 2.74 bits per heavy atom. The molecule has 2 rings (SSSR count). The van der Waals surface area contributed by atoms with E-state index in [4.69, 9.17) is 4.98 Å². The summed E-state index contributed by atoms with van der Waals surface area (Å²) in [5.41, 5.74) is 3.66. The van der Waals surface area contributed by atoms with Crippen molar-refractivity contribution in [2.45, 2.75) is 46.1 Å². The Morgan fingerprint density at radius 2 is 2.00 bits per heavy atom. The van der Waals surface area contributed by atoms with Crippen LogP contribution in [0.3, 0.4) is 0 Å². The molecule has 2 heteroatoms. The predicted octanol–water partition coefficient (Wildman–Crippen LogP) is 4.25. The van der Waals surface area contributed by atoms with Gasteiger partial charge in [0.25, 0.3) is 0 Å². The van der Waals surface area contributed by atoms with Crippen molar-refractivity contribution in [1.29, 1.82) is 0 Å². The topological polar surface area (TPSA) is 24.9 Å². The van der Waals surface area contributed by atoms with Gasteiger partial charge in [0.15, 0.2) is 0 Å². The first kappa shape index (κ1) is 14.0. The summed E-state index contributed by atoms with van der Waals surface area (Å²) >= 11 is 0. The zero-order valence-corrected chi connectivity index (χ0v) is 12.2. The van der Waals surface area contributed by atoms with Gasteiger partial charge in [-0.15, -0.1) is 0 Å². The average Bonchev–Trinajstić information content (AvgIpc) is 2.43. The smallest absolute Gasteiger partial charge is 0.0708 e. The predicted molar refractivity (Wildman–Crippen MR) is 82.4 cm³/mol. The Hall–Kier alpha value is -1.41. The van der Waals surface area contributed by atoms with E-state index in [1.165, 1.54) is 29.5 Å². The molecule has 0 radical (unpaired) electrons. The number of hydrogen-bond acceptors (Lipinski definition) is 2. The van der Waals surface area contributed by atoms with Crippen LogP contribution < -0.4 is 5.32 Å². The largest absolute Gasteiger partial charge is 0.313 e. The van der Waals surface area contributed by atoms with E-state index in [0.717, 1.165) is 18.6 Å². The monoisotopic (exact) mass is 256 g/mol. The van der Waals surface area contributed by atoms with E-state index >= 15 is 0 Å². The Bertz CT molecular complexity index is 532. The molecule has 0 spiro atoms. The van der Waals surface area contributed by atoms with E-state index in [1.807, 2.05) is 0 Å². The first-order chi connectivity index (χ1) is 9.22. The molecule has 19 heavy (non-hydrogen) atoms. The molecule has 1 aromatic carbocycles. The van der Waals surface area contributed by atoms with Gasteiger partial charge in [-0.3, -0.25) is 4.98 Å². The van der Waals surface area contributed by atoms with Gasteiger partial charge >= 0.3 is 0 Å². The van der Waals surface area contributed by atoms with Crippen molar-refractivity contribution in [1.82, 2.24) is 10.3 Å². The number of nitrogens with one attached hydrogen (secondary N) is 1.